The molecule has 1 fully saturated rings. The van der Waals surface area contributed by atoms with E-state index < -0.39 is 0 Å². The molecule has 0 radical (unpaired) electrons. The van der Waals surface area contributed by atoms with E-state index in [1.807, 2.05) is 0 Å². The van der Waals surface area contributed by atoms with Gasteiger partial charge in [-0.3, -0.25) is 0 Å². The van der Waals surface area contributed by atoms with Gasteiger partial charge in [0.25, 0.3) is 0 Å². The lowest BCUT2D eigenvalue weighted by Crippen LogP contribution is -3.08. The van der Waals surface area contributed by atoms with Crippen LogP contribution in [-0.4, -0.2) is 13.1 Å². The van der Waals surface area contributed by atoms with Crippen LogP contribution < -0.4 is 4.90 Å². The molecule has 1 spiro atoms. The van der Waals surface area contributed by atoms with E-state index in [1.165, 1.54) is 42.0 Å². The predicted molar refractivity (Wildman–Crippen MR) is 62.4 cm³/mol. The standard InChI is InChI=1S/C14H17N/c1-15-10-8-14(9-11-15)7-6-12-4-2-3-5-13(12)14/h2-7,15H,1,8-11H2. The molecule has 78 valence electrons. The highest BCUT2D eigenvalue weighted by Crippen LogP contribution is 2.41. The number of benzene rings is 1. The molecule has 1 nitrogen and oxygen atoms in total. The van der Waals surface area contributed by atoms with Crippen molar-refractivity contribution in [3.05, 3.63) is 48.5 Å². The molecule has 1 aromatic carbocycles. The number of hydrogen-bond acceptors (Lipinski definition) is 0. The fraction of sp³-hybridized carbons (Fsp3) is 0.357. The van der Waals surface area contributed by atoms with E-state index in [9.17, 15) is 0 Å². The molecule has 1 saturated heterocycles. The van der Waals surface area contributed by atoms with E-state index in [1.54, 1.807) is 0 Å². The molecule has 0 atom stereocenters. The van der Waals surface area contributed by atoms with Gasteiger partial charge in [-0.2, -0.15) is 7.05 Å². The minimum atomic E-state index is 0.345. The molecule has 0 saturated carbocycles. The fourth-order valence-electron chi connectivity index (χ4n) is 2.92. The van der Waals surface area contributed by atoms with E-state index in [2.05, 4.69) is 43.5 Å². The Morgan fingerprint density at radius 1 is 1.13 bits per heavy atom. The van der Waals surface area contributed by atoms with Crippen molar-refractivity contribution in [3.8, 4) is 0 Å². The second-order valence-corrected chi connectivity index (χ2v) is 4.83. The summed E-state index contributed by atoms with van der Waals surface area (Å²) in [5.41, 5.74) is 3.31. The topological polar surface area (TPSA) is 4.44 Å². The van der Waals surface area contributed by atoms with Crippen molar-refractivity contribution < 1.29 is 4.90 Å². The van der Waals surface area contributed by atoms with Crippen LogP contribution >= 0.6 is 0 Å². The number of rotatable bonds is 0. The van der Waals surface area contributed by atoms with E-state index in [-0.39, 0.29) is 0 Å². The molecule has 0 unspecified atom stereocenters. The Morgan fingerprint density at radius 3 is 2.67 bits per heavy atom. The molecule has 1 aromatic rings. The summed E-state index contributed by atoms with van der Waals surface area (Å²) in [5.74, 6) is 0. The van der Waals surface area contributed by atoms with Crippen molar-refractivity contribution in [2.75, 3.05) is 13.1 Å². The molecule has 1 aliphatic heterocycles. The molecule has 1 heterocycles. The van der Waals surface area contributed by atoms with Crippen LogP contribution in [0.15, 0.2) is 30.3 Å². The third-order valence-corrected chi connectivity index (χ3v) is 3.93. The first-order valence-electron chi connectivity index (χ1n) is 5.76. The number of nitrogens with one attached hydrogen (secondary N) is 1. The summed E-state index contributed by atoms with van der Waals surface area (Å²) in [6.45, 7) is 2.39. The number of fused-ring (bicyclic) bond motifs is 2. The maximum absolute atomic E-state index is 4.10. The van der Waals surface area contributed by atoms with Gasteiger partial charge in [0.1, 0.15) is 0 Å². The van der Waals surface area contributed by atoms with Gasteiger partial charge in [-0.1, -0.05) is 36.4 Å². The molecular weight excluding hydrogens is 182 g/mol. The zero-order valence-electron chi connectivity index (χ0n) is 9.00. The average Bonchev–Trinajstić information content (AvgIpc) is 2.63. The Balaban J connectivity index is 1.99. The van der Waals surface area contributed by atoms with Gasteiger partial charge in [0.2, 0.25) is 0 Å². The Hall–Kier alpha value is -1.08. The lowest BCUT2D eigenvalue weighted by Gasteiger charge is -2.38. The SMILES string of the molecule is [CH2-][NH+]1CCC2(C=Cc3ccccc32)CC1. The van der Waals surface area contributed by atoms with Gasteiger partial charge in [0.05, 0.1) is 13.1 Å². The summed E-state index contributed by atoms with van der Waals surface area (Å²) in [7, 11) is 4.10. The molecule has 0 aromatic heterocycles. The van der Waals surface area contributed by atoms with Crippen molar-refractivity contribution in [3.63, 3.8) is 0 Å². The molecule has 3 rings (SSSR count). The molecule has 1 aliphatic carbocycles. The maximum atomic E-state index is 4.10. The molecule has 1 N–H and O–H groups in total. The van der Waals surface area contributed by atoms with Gasteiger partial charge in [-0.25, -0.2) is 0 Å². The number of allylic oxidation sites excluding steroid dienone is 1. The lowest BCUT2D eigenvalue weighted by molar-refractivity contribution is -0.860. The van der Waals surface area contributed by atoms with Crippen molar-refractivity contribution in [1.82, 2.24) is 0 Å². The Labute approximate surface area is 91.4 Å². The quantitative estimate of drug-likeness (QED) is 0.603. The highest BCUT2D eigenvalue weighted by atomic mass is 15.1. The second kappa shape index (κ2) is 3.21. The van der Waals surface area contributed by atoms with E-state index in [4.69, 9.17) is 0 Å². The average molecular weight is 199 g/mol. The van der Waals surface area contributed by atoms with E-state index in [0.717, 1.165) is 0 Å². The summed E-state index contributed by atoms with van der Waals surface area (Å²) < 4.78 is 0. The van der Waals surface area contributed by atoms with E-state index >= 15 is 0 Å². The number of hydrogen-bond donors (Lipinski definition) is 1. The first-order chi connectivity index (χ1) is 7.30. The smallest absolute Gasteiger partial charge is 0.0542 e. The molecule has 0 amide bonds. The van der Waals surface area contributed by atoms with Crippen molar-refractivity contribution in [2.45, 2.75) is 18.3 Å². The second-order valence-electron chi connectivity index (χ2n) is 4.83. The Bertz CT molecular complexity index is 398. The van der Waals surface area contributed by atoms with Gasteiger partial charge >= 0.3 is 0 Å². The monoisotopic (exact) mass is 199 g/mol. The first-order valence-corrected chi connectivity index (χ1v) is 5.76. The van der Waals surface area contributed by atoms with Crippen LogP contribution in [0.5, 0.6) is 0 Å². The van der Waals surface area contributed by atoms with Gasteiger partial charge < -0.3 is 4.90 Å². The van der Waals surface area contributed by atoms with Crippen LogP contribution in [0.3, 0.4) is 0 Å². The summed E-state index contributed by atoms with van der Waals surface area (Å²) >= 11 is 0. The number of piperidine rings is 1. The van der Waals surface area contributed by atoms with Gasteiger partial charge in [-0.15, -0.1) is 0 Å². The Kier molecular flexibility index (Phi) is 1.96. The van der Waals surface area contributed by atoms with Gasteiger partial charge in [-0.05, 0) is 11.1 Å². The van der Waals surface area contributed by atoms with Crippen molar-refractivity contribution in [1.29, 1.82) is 0 Å². The Morgan fingerprint density at radius 2 is 1.87 bits per heavy atom. The molecule has 15 heavy (non-hydrogen) atoms. The molecule has 2 aliphatic rings. The normalized spacial score (nSPS) is 33.3. The van der Waals surface area contributed by atoms with Crippen LogP contribution in [0.1, 0.15) is 24.0 Å². The highest BCUT2D eigenvalue weighted by Gasteiger charge is 2.37. The van der Waals surface area contributed by atoms with Gasteiger partial charge in [0, 0.05) is 18.3 Å². The third kappa shape index (κ3) is 1.34. The van der Waals surface area contributed by atoms with Gasteiger partial charge in [0.15, 0.2) is 0 Å². The van der Waals surface area contributed by atoms with Crippen molar-refractivity contribution >= 4 is 6.08 Å². The molecular formula is C14H17N. The molecule has 0 bridgehead atoms. The minimum Gasteiger partial charge on any atom is -0.468 e. The predicted octanol–water partition coefficient (Wildman–Crippen LogP) is 1.42. The summed E-state index contributed by atoms with van der Waals surface area (Å²) in [6, 6.07) is 8.81. The van der Waals surface area contributed by atoms with Crippen LogP contribution in [0, 0.1) is 7.05 Å². The summed E-state index contributed by atoms with van der Waals surface area (Å²) in [5, 5.41) is 0. The summed E-state index contributed by atoms with van der Waals surface area (Å²) in [4.78, 5) is 1.43. The van der Waals surface area contributed by atoms with Crippen LogP contribution in [0.2, 0.25) is 0 Å². The maximum Gasteiger partial charge on any atom is 0.0542 e. The first kappa shape index (κ1) is 9.17. The lowest BCUT2D eigenvalue weighted by atomic mass is 9.75. The zero-order chi connectivity index (χ0) is 10.3. The number of likely N-dealkylation sites (tertiary alicyclic amines) is 1. The highest BCUT2D eigenvalue weighted by molar-refractivity contribution is 5.65. The van der Waals surface area contributed by atoms with Crippen LogP contribution in [0.25, 0.3) is 6.08 Å². The number of quaternary nitrogens is 1. The van der Waals surface area contributed by atoms with Crippen LogP contribution in [-0.2, 0) is 5.41 Å². The minimum absolute atomic E-state index is 0.345. The van der Waals surface area contributed by atoms with Crippen LogP contribution in [0.4, 0.5) is 0 Å². The van der Waals surface area contributed by atoms with Crippen molar-refractivity contribution in [2.24, 2.45) is 0 Å². The molecule has 1 heteroatoms. The third-order valence-electron chi connectivity index (χ3n) is 3.93. The van der Waals surface area contributed by atoms with E-state index in [0.29, 0.717) is 5.41 Å². The zero-order valence-corrected chi connectivity index (χ0v) is 9.00. The fourth-order valence-corrected chi connectivity index (χ4v) is 2.92. The largest absolute Gasteiger partial charge is 0.468 e. The summed E-state index contributed by atoms with van der Waals surface area (Å²) in [6.07, 6.45) is 7.21.